The highest BCUT2D eigenvalue weighted by molar-refractivity contribution is 6.13. The van der Waals surface area contributed by atoms with Crippen molar-refractivity contribution >= 4 is 29.6 Å². The zero-order valence-electron chi connectivity index (χ0n) is 17.4. The second-order valence-corrected chi connectivity index (χ2v) is 7.36. The first kappa shape index (κ1) is 21.6. The monoisotopic (exact) mass is 406 g/mol. The van der Waals surface area contributed by atoms with Crippen LogP contribution in [0.4, 0.5) is 11.5 Å². The minimum atomic E-state index is -0.346. The number of hydrogen-bond acceptors (Lipinski definition) is 8. The first-order valence-electron chi connectivity index (χ1n) is 10.4. The van der Waals surface area contributed by atoms with Crippen LogP contribution in [0.5, 0.6) is 0 Å². The van der Waals surface area contributed by atoms with Gasteiger partial charge < -0.3 is 21.8 Å². The summed E-state index contributed by atoms with van der Waals surface area (Å²) >= 11 is 0. The van der Waals surface area contributed by atoms with Crippen LogP contribution in [0.2, 0.25) is 0 Å². The molecule has 8 nitrogen and oxygen atoms in total. The summed E-state index contributed by atoms with van der Waals surface area (Å²) in [4.78, 5) is 13.2. The van der Waals surface area contributed by atoms with Gasteiger partial charge in [0.05, 0.1) is 34.9 Å². The van der Waals surface area contributed by atoms with Crippen LogP contribution < -0.4 is 16.4 Å². The van der Waals surface area contributed by atoms with Crippen molar-refractivity contribution in [2.24, 2.45) is 4.99 Å². The molecule has 30 heavy (non-hydrogen) atoms. The van der Waals surface area contributed by atoms with E-state index in [1.54, 1.807) is 12.3 Å². The molecule has 3 heterocycles. The number of rotatable bonds is 8. The van der Waals surface area contributed by atoms with Crippen LogP contribution in [0.15, 0.2) is 35.5 Å². The van der Waals surface area contributed by atoms with Crippen LogP contribution >= 0.6 is 0 Å². The second-order valence-electron chi connectivity index (χ2n) is 7.36. The van der Waals surface area contributed by atoms with Crippen molar-refractivity contribution in [3.63, 3.8) is 0 Å². The van der Waals surface area contributed by atoms with Gasteiger partial charge in [0.25, 0.3) is 0 Å². The minimum Gasteiger partial charge on any atom is -0.397 e. The second kappa shape index (κ2) is 10.6. The number of pyridine rings is 2. The van der Waals surface area contributed by atoms with Crippen LogP contribution in [0.3, 0.4) is 0 Å². The van der Waals surface area contributed by atoms with Gasteiger partial charge >= 0.3 is 0 Å². The first-order valence-corrected chi connectivity index (χ1v) is 10.4. The molecule has 3 rings (SSSR count). The number of nitrogens with zero attached hydrogens (tertiary/aromatic N) is 3. The van der Waals surface area contributed by atoms with E-state index in [4.69, 9.17) is 16.6 Å². The normalized spacial score (nSPS) is 18.0. The predicted molar refractivity (Wildman–Crippen MR) is 124 cm³/mol. The Morgan fingerprint density at radius 1 is 1.43 bits per heavy atom. The predicted octanol–water partition coefficient (Wildman–Crippen LogP) is 2.85. The van der Waals surface area contributed by atoms with Crippen molar-refractivity contribution in [1.82, 2.24) is 15.3 Å². The van der Waals surface area contributed by atoms with Crippen molar-refractivity contribution in [2.75, 3.05) is 30.7 Å². The van der Waals surface area contributed by atoms with Gasteiger partial charge in [0.1, 0.15) is 5.82 Å². The number of nitrogen functional groups attached to an aromatic ring is 1. The van der Waals surface area contributed by atoms with Gasteiger partial charge in [0.15, 0.2) is 0 Å². The Balaban J connectivity index is 1.83. The maximum absolute atomic E-state index is 8.69. The molecule has 1 aliphatic heterocycles. The zero-order chi connectivity index (χ0) is 21.3. The van der Waals surface area contributed by atoms with Crippen molar-refractivity contribution in [2.45, 2.75) is 38.1 Å². The summed E-state index contributed by atoms with van der Waals surface area (Å²) in [5, 5.41) is 23.3. The van der Waals surface area contributed by atoms with Crippen LogP contribution in [-0.4, -0.2) is 53.8 Å². The van der Waals surface area contributed by atoms with Gasteiger partial charge in [-0.1, -0.05) is 12.5 Å². The van der Waals surface area contributed by atoms with Gasteiger partial charge in [-0.3, -0.25) is 15.4 Å². The molecule has 0 saturated carbocycles. The van der Waals surface area contributed by atoms with E-state index in [1.165, 1.54) is 25.3 Å². The largest absolute Gasteiger partial charge is 0.397 e. The SMILES string of the molecule is CCN=CC(C=N)c1cc(C(=N)c2cccc(NC3CCCCNC3)n2)c(N)cn1. The molecule has 1 fully saturated rings. The van der Waals surface area contributed by atoms with Crippen LogP contribution in [0.1, 0.15) is 49.1 Å². The molecule has 0 bridgehead atoms. The third-order valence-corrected chi connectivity index (χ3v) is 5.10. The fourth-order valence-electron chi connectivity index (χ4n) is 3.45. The Hall–Kier alpha value is -3.13. The molecule has 0 spiro atoms. The molecule has 6 N–H and O–H groups in total. The van der Waals surface area contributed by atoms with E-state index < -0.39 is 0 Å². The Labute approximate surface area is 177 Å². The van der Waals surface area contributed by atoms with E-state index in [9.17, 15) is 0 Å². The highest BCUT2D eigenvalue weighted by Gasteiger charge is 2.17. The fourth-order valence-corrected chi connectivity index (χ4v) is 3.45. The lowest BCUT2D eigenvalue weighted by Gasteiger charge is -2.18. The topological polar surface area (TPSA) is 136 Å². The number of nitrogens with one attached hydrogen (secondary N) is 4. The summed E-state index contributed by atoms with van der Waals surface area (Å²) in [5.41, 5.74) is 8.50. The number of aliphatic imine (C=N–C) groups is 1. The van der Waals surface area contributed by atoms with Crippen molar-refractivity contribution in [1.29, 1.82) is 10.8 Å². The number of aromatic nitrogens is 2. The maximum Gasteiger partial charge on any atom is 0.126 e. The average Bonchev–Trinajstić information content (AvgIpc) is 3.03. The lowest BCUT2D eigenvalue weighted by molar-refractivity contribution is 0.634. The van der Waals surface area contributed by atoms with Gasteiger partial charge in [0, 0.05) is 37.1 Å². The van der Waals surface area contributed by atoms with Gasteiger partial charge in [-0.2, -0.15) is 0 Å². The molecule has 158 valence electrons. The molecule has 1 aliphatic rings. The minimum absolute atomic E-state index is 0.231. The molecule has 2 unspecified atom stereocenters. The van der Waals surface area contributed by atoms with E-state index in [0.717, 1.165) is 25.3 Å². The molecule has 0 amide bonds. The maximum atomic E-state index is 8.69. The van der Waals surface area contributed by atoms with Crippen molar-refractivity contribution < 1.29 is 0 Å². The van der Waals surface area contributed by atoms with E-state index >= 15 is 0 Å². The summed E-state index contributed by atoms with van der Waals surface area (Å²) in [7, 11) is 0. The van der Waals surface area contributed by atoms with E-state index in [0.29, 0.717) is 35.2 Å². The van der Waals surface area contributed by atoms with Gasteiger partial charge in [-0.05, 0) is 44.5 Å². The van der Waals surface area contributed by atoms with Crippen LogP contribution in [-0.2, 0) is 0 Å². The molecule has 2 aromatic heterocycles. The first-order chi connectivity index (χ1) is 14.6. The Morgan fingerprint density at radius 3 is 3.10 bits per heavy atom. The molecule has 0 aliphatic carbocycles. The number of anilines is 2. The fraction of sp³-hybridized carbons (Fsp3) is 0.409. The highest BCUT2D eigenvalue weighted by Crippen LogP contribution is 2.20. The highest BCUT2D eigenvalue weighted by atomic mass is 15.1. The van der Waals surface area contributed by atoms with E-state index in [2.05, 4.69) is 25.6 Å². The Morgan fingerprint density at radius 2 is 2.30 bits per heavy atom. The molecule has 1 saturated heterocycles. The third-order valence-electron chi connectivity index (χ3n) is 5.10. The Bertz CT molecular complexity index is 900. The number of hydrogen-bond donors (Lipinski definition) is 5. The molecule has 8 heteroatoms. The van der Waals surface area contributed by atoms with Gasteiger partial charge in [0.2, 0.25) is 0 Å². The lowest BCUT2D eigenvalue weighted by atomic mass is 10.0. The summed E-state index contributed by atoms with van der Waals surface area (Å²) < 4.78 is 0. The summed E-state index contributed by atoms with van der Waals surface area (Å²) in [6.07, 6.45) is 8.00. The number of nitrogens with two attached hydrogens (primary N) is 1. The average molecular weight is 407 g/mol. The Kier molecular flexibility index (Phi) is 7.62. The summed E-state index contributed by atoms with van der Waals surface area (Å²) in [6.45, 7) is 4.54. The van der Waals surface area contributed by atoms with Gasteiger partial charge in [-0.25, -0.2) is 4.98 Å². The van der Waals surface area contributed by atoms with Crippen LogP contribution in [0.25, 0.3) is 0 Å². The van der Waals surface area contributed by atoms with Crippen LogP contribution in [0, 0.1) is 10.8 Å². The zero-order valence-corrected chi connectivity index (χ0v) is 17.4. The summed E-state index contributed by atoms with van der Waals surface area (Å²) in [6, 6.07) is 7.72. The standard InChI is InChI=1S/C22H30N8/c1-2-26-12-15(11-23)20-10-17(18(24)14-28-20)22(25)19-7-5-8-21(30-19)29-16-6-3-4-9-27-13-16/h5,7-8,10-12,14-16,23,25,27H,2-4,6,9,13,24H2,1H3,(H,29,30). The van der Waals surface area contributed by atoms with Crippen molar-refractivity contribution in [3.8, 4) is 0 Å². The molecule has 0 aromatic carbocycles. The van der Waals surface area contributed by atoms with E-state index in [1.807, 2.05) is 25.1 Å². The van der Waals surface area contributed by atoms with Crippen molar-refractivity contribution in [3.05, 3.63) is 47.4 Å². The van der Waals surface area contributed by atoms with Gasteiger partial charge in [-0.15, -0.1) is 0 Å². The lowest BCUT2D eigenvalue weighted by Crippen LogP contribution is -2.31. The molecule has 0 radical (unpaired) electrons. The molecule has 2 atom stereocenters. The van der Waals surface area contributed by atoms with E-state index in [-0.39, 0.29) is 11.6 Å². The molecular weight excluding hydrogens is 376 g/mol. The molecule has 2 aromatic rings. The molecular formula is C22H30N8. The smallest absolute Gasteiger partial charge is 0.126 e. The quantitative estimate of drug-likeness (QED) is 0.429. The summed E-state index contributed by atoms with van der Waals surface area (Å²) in [5.74, 6) is 0.409. The third kappa shape index (κ3) is 5.48.